The van der Waals surface area contributed by atoms with Crippen LogP contribution in [0, 0.1) is 11.8 Å². The first-order chi connectivity index (χ1) is 8.24. The SMILES string of the molecule is CC1CCC(CCNc2cc(N)ncn2)CC1. The zero-order valence-corrected chi connectivity index (χ0v) is 10.5. The van der Waals surface area contributed by atoms with Gasteiger partial charge in [0.15, 0.2) is 0 Å². The summed E-state index contributed by atoms with van der Waals surface area (Å²) in [6.07, 6.45) is 8.29. The highest BCUT2D eigenvalue weighted by Crippen LogP contribution is 2.30. The predicted molar refractivity (Wildman–Crippen MR) is 70.7 cm³/mol. The van der Waals surface area contributed by atoms with Crippen molar-refractivity contribution in [3.8, 4) is 0 Å². The molecular formula is C13H22N4. The average molecular weight is 234 g/mol. The lowest BCUT2D eigenvalue weighted by Crippen LogP contribution is -2.16. The summed E-state index contributed by atoms with van der Waals surface area (Å²) in [5.74, 6) is 3.18. The van der Waals surface area contributed by atoms with Crippen LogP contribution in [0.25, 0.3) is 0 Å². The fourth-order valence-corrected chi connectivity index (χ4v) is 2.49. The third kappa shape index (κ3) is 3.88. The van der Waals surface area contributed by atoms with E-state index in [0.29, 0.717) is 5.82 Å². The van der Waals surface area contributed by atoms with E-state index in [1.165, 1.54) is 38.4 Å². The number of anilines is 2. The third-order valence-electron chi connectivity index (χ3n) is 3.68. The zero-order chi connectivity index (χ0) is 12.1. The molecule has 1 saturated carbocycles. The summed E-state index contributed by atoms with van der Waals surface area (Å²) < 4.78 is 0. The van der Waals surface area contributed by atoms with Crippen molar-refractivity contribution >= 4 is 11.6 Å². The molecule has 1 aliphatic carbocycles. The topological polar surface area (TPSA) is 63.8 Å². The maximum absolute atomic E-state index is 5.60. The second kappa shape index (κ2) is 5.84. The van der Waals surface area contributed by atoms with Gasteiger partial charge < -0.3 is 11.1 Å². The molecule has 0 saturated heterocycles. The van der Waals surface area contributed by atoms with Gasteiger partial charge in [0.2, 0.25) is 0 Å². The molecular weight excluding hydrogens is 212 g/mol. The maximum Gasteiger partial charge on any atom is 0.131 e. The monoisotopic (exact) mass is 234 g/mol. The molecule has 0 bridgehead atoms. The largest absolute Gasteiger partial charge is 0.384 e. The smallest absolute Gasteiger partial charge is 0.131 e. The molecule has 0 atom stereocenters. The molecule has 0 radical (unpaired) electrons. The van der Waals surface area contributed by atoms with Crippen LogP contribution in [0.2, 0.25) is 0 Å². The van der Waals surface area contributed by atoms with Crippen LogP contribution in [-0.2, 0) is 0 Å². The average Bonchev–Trinajstić information content (AvgIpc) is 2.32. The van der Waals surface area contributed by atoms with Crippen molar-refractivity contribution in [1.29, 1.82) is 0 Å². The van der Waals surface area contributed by atoms with Crippen molar-refractivity contribution < 1.29 is 0 Å². The van der Waals surface area contributed by atoms with E-state index in [0.717, 1.165) is 24.2 Å². The van der Waals surface area contributed by atoms with Gasteiger partial charge in [0.1, 0.15) is 18.0 Å². The van der Waals surface area contributed by atoms with E-state index >= 15 is 0 Å². The van der Waals surface area contributed by atoms with Crippen molar-refractivity contribution in [3.05, 3.63) is 12.4 Å². The van der Waals surface area contributed by atoms with Crippen molar-refractivity contribution in [2.75, 3.05) is 17.6 Å². The Balaban J connectivity index is 1.69. The van der Waals surface area contributed by atoms with Crippen LogP contribution in [0.4, 0.5) is 11.6 Å². The molecule has 1 aromatic rings. The van der Waals surface area contributed by atoms with Crippen LogP contribution in [0.1, 0.15) is 39.0 Å². The Labute approximate surface area is 103 Å². The first-order valence-electron chi connectivity index (χ1n) is 6.55. The van der Waals surface area contributed by atoms with Crippen LogP contribution in [0.5, 0.6) is 0 Å². The summed E-state index contributed by atoms with van der Waals surface area (Å²) in [4.78, 5) is 8.00. The Morgan fingerprint density at radius 2 is 2.06 bits per heavy atom. The molecule has 1 fully saturated rings. The van der Waals surface area contributed by atoms with E-state index in [1.54, 1.807) is 6.07 Å². The van der Waals surface area contributed by atoms with Gasteiger partial charge in [-0.3, -0.25) is 0 Å². The van der Waals surface area contributed by atoms with Crippen molar-refractivity contribution in [3.63, 3.8) is 0 Å². The number of rotatable bonds is 4. The van der Waals surface area contributed by atoms with Gasteiger partial charge in [0.25, 0.3) is 0 Å². The number of nitrogen functional groups attached to an aromatic ring is 1. The fourth-order valence-electron chi connectivity index (χ4n) is 2.49. The number of nitrogens with zero attached hydrogens (tertiary/aromatic N) is 2. The summed E-state index contributed by atoms with van der Waals surface area (Å²) in [5.41, 5.74) is 5.60. The van der Waals surface area contributed by atoms with Gasteiger partial charge in [-0.2, -0.15) is 0 Å². The first-order valence-corrected chi connectivity index (χ1v) is 6.55. The molecule has 3 N–H and O–H groups in total. The summed E-state index contributed by atoms with van der Waals surface area (Å²) >= 11 is 0. The second-order valence-corrected chi connectivity index (χ2v) is 5.17. The van der Waals surface area contributed by atoms with E-state index in [9.17, 15) is 0 Å². The quantitative estimate of drug-likeness (QED) is 0.840. The number of hydrogen-bond donors (Lipinski definition) is 2. The van der Waals surface area contributed by atoms with E-state index in [-0.39, 0.29) is 0 Å². The molecule has 94 valence electrons. The van der Waals surface area contributed by atoms with Crippen LogP contribution in [-0.4, -0.2) is 16.5 Å². The number of nitrogens with two attached hydrogens (primary N) is 1. The van der Waals surface area contributed by atoms with E-state index < -0.39 is 0 Å². The Morgan fingerprint density at radius 1 is 1.29 bits per heavy atom. The Bertz CT molecular complexity index is 345. The lowest BCUT2D eigenvalue weighted by atomic mass is 9.81. The summed E-state index contributed by atoms with van der Waals surface area (Å²) in [7, 11) is 0. The fraction of sp³-hybridized carbons (Fsp3) is 0.692. The van der Waals surface area contributed by atoms with Gasteiger partial charge in [-0.1, -0.05) is 32.6 Å². The Morgan fingerprint density at radius 3 is 2.76 bits per heavy atom. The lowest BCUT2D eigenvalue weighted by Gasteiger charge is -2.26. The molecule has 17 heavy (non-hydrogen) atoms. The first kappa shape index (κ1) is 12.1. The molecule has 0 spiro atoms. The molecule has 1 aliphatic rings. The number of hydrogen-bond acceptors (Lipinski definition) is 4. The van der Waals surface area contributed by atoms with Crippen molar-refractivity contribution in [1.82, 2.24) is 9.97 Å². The predicted octanol–water partition coefficient (Wildman–Crippen LogP) is 2.69. The molecule has 0 aromatic carbocycles. The standard InChI is InChI=1S/C13H22N4/c1-10-2-4-11(5-3-10)6-7-15-13-8-12(14)16-9-17-13/h8-11H,2-7H2,1H3,(H3,14,15,16,17). The van der Waals surface area contributed by atoms with Crippen molar-refractivity contribution in [2.24, 2.45) is 11.8 Å². The minimum absolute atomic E-state index is 0.522. The zero-order valence-electron chi connectivity index (χ0n) is 10.5. The van der Waals surface area contributed by atoms with Crippen LogP contribution in [0.3, 0.4) is 0 Å². The summed E-state index contributed by atoms with van der Waals surface area (Å²) in [6, 6.07) is 1.78. The van der Waals surface area contributed by atoms with Crippen LogP contribution >= 0.6 is 0 Å². The third-order valence-corrected chi connectivity index (χ3v) is 3.68. The number of nitrogens with one attached hydrogen (secondary N) is 1. The highest BCUT2D eigenvalue weighted by atomic mass is 15.0. The van der Waals surface area contributed by atoms with E-state index in [2.05, 4.69) is 22.2 Å². The molecule has 0 amide bonds. The van der Waals surface area contributed by atoms with Gasteiger partial charge in [-0.15, -0.1) is 0 Å². The highest BCUT2D eigenvalue weighted by Gasteiger charge is 2.17. The Kier molecular flexibility index (Phi) is 4.18. The van der Waals surface area contributed by atoms with Gasteiger partial charge >= 0.3 is 0 Å². The van der Waals surface area contributed by atoms with Gasteiger partial charge in [-0.25, -0.2) is 9.97 Å². The molecule has 1 aromatic heterocycles. The Hall–Kier alpha value is -1.32. The lowest BCUT2D eigenvalue weighted by molar-refractivity contribution is 0.282. The van der Waals surface area contributed by atoms with Crippen LogP contribution < -0.4 is 11.1 Å². The van der Waals surface area contributed by atoms with E-state index in [1.807, 2.05) is 0 Å². The second-order valence-electron chi connectivity index (χ2n) is 5.17. The molecule has 0 aliphatic heterocycles. The van der Waals surface area contributed by atoms with Gasteiger partial charge in [0.05, 0.1) is 0 Å². The number of aromatic nitrogens is 2. The molecule has 0 unspecified atom stereocenters. The summed E-state index contributed by atoms with van der Waals surface area (Å²) in [5, 5.41) is 3.31. The normalized spacial score (nSPS) is 24.5. The highest BCUT2D eigenvalue weighted by molar-refractivity contribution is 5.43. The maximum atomic E-state index is 5.60. The van der Waals surface area contributed by atoms with Crippen LogP contribution in [0.15, 0.2) is 12.4 Å². The van der Waals surface area contributed by atoms with Gasteiger partial charge in [-0.05, 0) is 18.3 Å². The molecule has 4 nitrogen and oxygen atoms in total. The minimum atomic E-state index is 0.522. The van der Waals surface area contributed by atoms with E-state index in [4.69, 9.17) is 5.73 Å². The minimum Gasteiger partial charge on any atom is -0.384 e. The summed E-state index contributed by atoms with van der Waals surface area (Å²) in [6.45, 7) is 3.34. The molecule has 2 rings (SSSR count). The van der Waals surface area contributed by atoms with Gasteiger partial charge in [0, 0.05) is 12.6 Å². The van der Waals surface area contributed by atoms with Crippen molar-refractivity contribution in [2.45, 2.75) is 39.0 Å². The molecule has 1 heterocycles. The molecule has 4 heteroatoms.